The standard InChI is InChI=1S/C19H25ClN4O4S/c1-13(2)19-22-18(28-23-19)7-5-6-17(25)21-14-8-9-15(20)16(12-14)29(26,27)24-10-3-4-11-24/h8-9,12-13H,3-7,10-11H2,1-2H3,(H,21,25). The second-order valence-electron chi connectivity index (χ2n) is 7.36. The maximum atomic E-state index is 12.8. The van der Waals surface area contributed by atoms with Crippen molar-refractivity contribution in [2.45, 2.75) is 56.8 Å². The Kier molecular flexibility index (Phi) is 6.92. The lowest BCUT2D eigenvalue weighted by atomic mass is 10.2. The lowest BCUT2D eigenvalue weighted by molar-refractivity contribution is -0.116. The minimum absolute atomic E-state index is 0.0194. The number of nitrogens with zero attached hydrogens (tertiary/aromatic N) is 3. The van der Waals surface area contributed by atoms with E-state index in [4.69, 9.17) is 16.1 Å². The van der Waals surface area contributed by atoms with Gasteiger partial charge in [0.2, 0.25) is 21.8 Å². The Morgan fingerprint density at radius 1 is 1.31 bits per heavy atom. The Bertz CT molecular complexity index is 968. The largest absolute Gasteiger partial charge is 0.339 e. The third-order valence-corrected chi connectivity index (χ3v) is 7.07. The van der Waals surface area contributed by atoms with Crippen molar-refractivity contribution >= 4 is 33.2 Å². The first-order chi connectivity index (χ1) is 13.8. The Hall–Kier alpha value is -1.97. The molecule has 29 heavy (non-hydrogen) atoms. The van der Waals surface area contributed by atoms with Gasteiger partial charge in [-0.2, -0.15) is 9.29 Å². The van der Waals surface area contributed by atoms with E-state index in [1.807, 2.05) is 13.8 Å². The second-order valence-corrected chi connectivity index (χ2v) is 9.67. The first kappa shape index (κ1) is 21.7. The zero-order valence-electron chi connectivity index (χ0n) is 16.5. The first-order valence-electron chi connectivity index (χ1n) is 9.69. The molecule has 0 aliphatic carbocycles. The minimum atomic E-state index is -3.66. The third-order valence-electron chi connectivity index (χ3n) is 4.69. The highest BCUT2D eigenvalue weighted by Gasteiger charge is 2.29. The quantitative estimate of drug-likeness (QED) is 0.672. The van der Waals surface area contributed by atoms with E-state index in [1.165, 1.54) is 16.4 Å². The van der Waals surface area contributed by atoms with Gasteiger partial charge in [0.05, 0.1) is 5.02 Å². The number of hydrogen-bond acceptors (Lipinski definition) is 6. The molecule has 1 amide bonds. The van der Waals surface area contributed by atoms with Crippen LogP contribution >= 0.6 is 11.6 Å². The summed E-state index contributed by atoms with van der Waals surface area (Å²) in [5, 5.41) is 6.78. The van der Waals surface area contributed by atoms with E-state index in [2.05, 4.69) is 15.5 Å². The van der Waals surface area contributed by atoms with E-state index in [9.17, 15) is 13.2 Å². The summed E-state index contributed by atoms with van der Waals surface area (Å²) >= 11 is 6.13. The van der Waals surface area contributed by atoms with Crippen LogP contribution < -0.4 is 5.32 Å². The number of anilines is 1. The molecule has 3 rings (SSSR count). The minimum Gasteiger partial charge on any atom is -0.339 e. The fraction of sp³-hybridized carbons (Fsp3) is 0.526. The van der Waals surface area contributed by atoms with Gasteiger partial charge >= 0.3 is 0 Å². The van der Waals surface area contributed by atoms with Crippen molar-refractivity contribution in [3.63, 3.8) is 0 Å². The third kappa shape index (κ3) is 5.34. The molecular formula is C19H25ClN4O4S. The summed E-state index contributed by atoms with van der Waals surface area (Å²) in [5.41, 5.74) is 0.400. The lowest BCUT2D eigenvalue weighted by Gasteiger charge is -2.17. The number of amides is 1. The number of carbonyl (C=O) groups excluding carboxylic acids is 1. The Labute approximate surface area is 175 Å². The molecule has 0 spiro atoms. The van der Waals surface area contributed by atoms with E-state index < -0.39 is 10.0 Å². The zero-order valence-corrected chi connectivity index (χ0v) is 18.1. The number of benzene rings is 1. The summed E-state index contributed by atoms with van der Waals surface area (Å²) in [4.78, 5) is 16.5. The maximum absolute atomic E-state index is 12.8. The fourth-order valence-electron chi connectivity index (χ4n) is 3.07. The SMILES string of the molecule is CC(C)c1noc(CCCC(=O)Nc2ccc(Cl)c(S(=O)(=O)N3CCCC3)c2)n1. The summed E-state index contributed by atoms with van der Waals surface area (Å²) in [6.07, 6.45) is 2.97. The number of sulfonamides is 1. The van der Waals surface area contributed by atoms with E-state index in [0.29, 0.717) is 43.3 Å². The fourth-order valence-corrected chi connectivity index (χ4v) is 5.09. The number of carbonyl (C=O) groups is 1. The normalized spacial score (nSPS) is 15.2. The van der Waals surface area contributed by atoms with Crippen LogP contribution in [0.5, 0.6) is 0 Å². The van der Waals surface area contributed by atoms with Crippen LogP contribution in [0.3, 0.4) is 0 Å². The van der Waals surface area contributed by atoms with Crippen molar-refractivity contribution in [2.24, 2.45) is 0 Å². The molecule has 0 bridgehead atoms. The molecule has 1 fully saturated rings. The molecule has 8 nitrogen and oxygen atoms in total. The van der Waals surface area contributed by atoms with Crippen molar-refractivity contribution in [3.05, 3.63) is 34.9 Å². The summed E-state index contributed by atoms with van der Waals surface area (Å²) < 4.78 is 32.1. The predicted octanol–water partition coefficient (Wildman–Crippen LogP) is 3.59. The van der Waals surface area contributed by atoms with E-state index in [-0.39, 0.29) is 28.2 Å². The molecule has 10 heteroatoms. The molecular weight excluding hydrogens is 416 g/mol. The highest BCUT2D eigenvalue weighted by Crippen LogP contribution is 2.29. The van der Waals surface area contributed by atoms with Crippen LogP contribution in [-0.2, 0) is 21.2 Å². The Balaban J connectivity index is 1.58. The van der Waals surface area contributed by atoms with Crippen LogP contribution in [0.4, 0.5) is 5.69 Å². The number of aromatic nitrogens is 2. The van der Waals surface area contributed by atoms with Crippen LogP contribution in [0, 0.1) is 0 Å². The molecule has 1 aliphatic heterocycles. The van der Waals surface area contributed by atoms with E-state index in [1.54, 1.807) is 6.07 Å². The summed E-state index contributed by atoms with van der Waals surface area (Å²) in [7, 11) is -3.66. The molecule has 0 atom stereocenters. The van der Waals surface area contributed by atoms with Gasteiger partial charge in [0.1, 0.15) is 4.90 Å². The highest BCUT2D eigenvalue weighted by molar-refractivity contribution is 7.89. The number of nitrogens with one attached hydrogen (secondary N) is 1. The molecule has 1 aromatic carbocycles. The van der Waals surface area contributed by atoms with Crippen molar-refractivity contribution in [2.75, 3.05) is 18.4 Å². The van der Waals surface area contributed by atoms with Crippen LogP contribution in [0.15, 0.2) is 27.6 Å². The van der Waals surface area contributed by atoms with Crippen molar-refractivity contribution < 1.29 is 17.7 Å². The zero-order chi connectivity index (χ0) is 21.0. The second kappa shape index (κ2) is 9.23. The molecule has 1 saturated heterocycles. The molecule has 2 heterocycles. The van der Waals surface area contributed by atoms with Crippen molar-refractivity contribution in [1.29, 1.82) is 0 Å². The van der Waals surface area contributed by atoms with Crippen LogP contribution in [-0.4, -0.2) is 41.9 Å². The predicted molar refractivity (Wildman–Crippen MR) is 109 cm³/mol. The molecule has 0 radical (unpaired) electrons. The Morgan fingerprint density at radius 2 is 2.03 bits per heavy atom. The van der Waals surface area contributed by atoms with Crippen molar-refractivity contribution in [1.82, 2.24) is 14.4 Å². The molecule has 158 valence electrons. The number of hydrogen-bond donors (Lipinski definition) is 1. The smallest absolute Gasteiger partial charge is 0.244 e. The lowest BCUT2D eigenvalue weighted by Crippen LogP contribution is -2.28. The average Bonchev–Trinajstić information content (AvgIpc) is 3.35. The van der Waals surface area contributed by atoms with Crippen LogP contribution in [0.25, 0.3) is 0 Å². The van der Waals surface area contributed by atoms with E-state index >= 15 is 0 Å². The highest BCUT2D eigenvalue weighted by atomic mass is 35.5. The van der Waals surface area contributed by atoms with Gasteiger partial charge < -0.3 is 9.84 Å². The van der Waals surface area contributed by atoms with Crippen LogP contribution in [0.2, 0.25) is 5.02 Å². The number of rotatable bonds is 8. The van der Waals surface area contributed by atoms with Crippen LogP contribution in [0.1, 0.15) is 57.2 Å². The van der Waals surface area contributed by atoms with Gasteiger partial charge in [-0.15, -0.1) is 0 Å². The number of halogens is 1. The molecule has 2 aromatic rings. The monoisotopic (exact) mass is 440 g/mol. The van der Waals surface area contributed by atoms with E-state index in [0.717, 1.165) is 12.8 Å². The van der Waals surface area contributed by atoms with Gasteiger partial charge in [0, 0.05) is 37.5 Å². The topological polar surface area (TPSA) is 105 Å². The Morgan fingerprint density at radius 3 is 2.69 bits per heavy atom. The summed E-state index contributed by atoms with van der Waals surface area (Å²) in [5.74, 6) is 1.12. The van der Waals surface area contributed by atoms with Crippen molar-refractivity contribution in [3.8, 4) is 0 Å². The molecule has 1 aliphatic rings. The van der Waals surface area contributed by atoms with Gasteiger partial charge in [0.15, 0.2) is 5.82 Å². The van der Waals surface area contributed by atoms with Gasteiger partial charge in [-0.3, -0.25) is 4.79 Å². The molecule has 1 N–H and O–H groups in total. The first-order valence-corrected chi connectivity index (χ1v) is 11.5. The van der Waals surface area contributed by atoms with Gasteiger partial charge in [0.25, 0.3) is 0 Å². The molecule has 1 aromatic heterocycles. The number of aryl methyl sites for hydroxylation is 1. The average molecular weight is 441 g/mol. The molecule has 0 unspecified atom stereocenters. The summed E-state index contributed by atoms with van der Waals surface area (Å²) in [6, 6.07) is 4.50. The summed E-state index contributed by atoms with van der Waals surface area (Å²) in [6.45, 7) is 4.94. The van der Waals surface area contributed by atoms with Gasteiger partial charge in [-0.25, -0.2) is 8.42 Å². The van der Waals surface area contributed by atoms with Gasteiger partial charge in [-0.05, 0) is 37.5 Å². The maximum Gasteiger partial charge on any atom is 0.244 e. The molecule has 0 saturated carbocycles. The van der Waals surface area contributed by atoms with Gasteiger partial charge in [-0.1, -0.05) is 30.6 Å².